The van der Waals surface area contributed by atoms with E-state index in [1.807, 2.05) is 13.0 Å². The first-order chi connectivity index (χ1) is 8.47. The summed E-state index contributed by atoms with van der Waals surface area (Å²) in [6, 6.07) is 6.18. The molecule has 1 aliphatic rings. The van der Waals surface area contributed by atoms with Crippen molar-refractivity contribution in [1.29, 1.82) is 0 Å². The van der Waals surface area contributed by atoms with Crippen molar-refractivity contribution < 1.29 is 4.74 Å². The third-order valence-corrected chi connectivity index (χ3v) is 3.91. The van der Waals surface area contributed by atoms with E-state index in [2.05, 4.69) is 30.9 Å². The lowest BCUT2D eigenvalue weighted by Gasteiger charge is -2.36. The molecule has 0 aromatic heterocycles. The van der Waals surface area contributed by atoms with Crippen LogP contribution in [0.3, 0.4) is 0 Å². The number of ether oxygens (including phenoxy) is 1. The molecule has 2 rings (SSSR count). The molecule has 0 amide bonds. The van der Waals surface area contributed by atoms with Crippen molar-refractivity contribution >= 4 is 5.69 Å². The fraction of sp³-hybridized carbons (Fsp3) is 0.600. The number of nitrogens with zero attached hydrogens (tertiary/aromatic N) is 1. The van der Waals surface area contributed by atoms with Crippen molar-refractivity contribution in [3.63, 3.8) is 0 Å². The van der Waals surface area contributed by atoms with Gasteiger partial charge in [-0.25, -0.2) is 0 Å². The number of hydrogen-bond acceptors (Lipinski definition) is 3. The minimum Gasteiger partial charge on any atom is -0.496 e. The van der Waals surface area contributed by atoms with E-state index in [-0.39, 0.29) is 11.6 Å². The summed E-state index contributed by atoms with van der Waals surface area (Å²) in [4.78, 5) is 2.47. The molecule has 0 aliphatic carbocycles. The van der Waals surface area contributed by atoms with E-state index in [0.29, 0.717) is 0 Å². The molecule has 1 atom stereocenters. The molecule has 0 unspecified atom stereocenters. The van der Waals surface area contributed by atoms with Crippen molar-refractivity contribution in [1.82, 2.24) is 0 Å². The van der Waals surface area contributed by atoms with Crippen molar-refractivity contribution in [2.75, 3.05) is 18.6 Å². The molecule has 1 aromatic rings. The van der Waals surface area contributed by atoms with Crippen LogP contribution in [0.1, 0.15) is 45.2 Å². The van der Waals surface area contributed by atoms with E-state index < -0.39 is 0 Å². The zero-order valence-electron chi connectivity index (χ0n) is 11.9. The predicted molar refractivity (Wildman–Crippen MR) is 76.3 cm³/mol. The molecule has 0 bridgehead atoms. The average molecular weight is 248 g/mol. The van der Waals surface area contributed by atoms with Crippen LogP contribution in [-0.2, 0) is 0 Å². The molecule has 3 heteroatoms. The Bertz CT molecular complexity index is 427. The first-order valence-electron chi connectivity index (χ1n) is 6.67. The minimum atomic E-state index is -0.0208. The fourth-order valence-corrected chi connectivity index (χ4v) is 2.96. The predicted octanol–water partition coefficient (Wildman–Crippen LogP) is 3.09. The summed E-state index contributed by atoms with van der Waals surface area (Å²) in [6.07, 6.45) is 2.46. The lowest BCUT2D eigenvalue weighted by atomic mass is 9.98. The van der Waals surface area contributed by atoms with Gasteiger partial charge in [-0.1, -0.05) is 6.07 Å². The first kappa shape index (κ1) is 13.2. The molecule has 1 fully saturated rings. The van der Waals surface area contributed by atoms with E-state index in [4.69, 9.17) is 10.5 Å². The summed E-state index contributed by atoms with van der Waals surface area (Å²) < 4.78 is 5.47. The molecule has 0 saturated carbocycles. The highest BCUT2D eigenvalue weighted by atomic mass is 16.5. The minimum absolute atomic E-state index is 0.0208. The Labute approximate surface area is 110 Å². The van der Waals surface area contributed by atoms with Crippen LogP contribution in [-0.4, -0.2) is 19.2 Å². The first-order valence-corrected chi connectivity index (χ1v) is 6.67. The van der Waals surface area contributed by atoms with Crippen LogP contribution in [0.5, 0.6) is 5.75 Å². The molecule has 3 nitrogen and oxygen atoms in total. The van der Waals surface area contributed by atoms with Crippen LogP contribution in [0, 0.1) is 0 Å². The Hall–Kier alpha value is -1.22. The van der Waals surface area contributed by atoms with Crippen molar-refractivity contribution in [3.05, 3.63) is 23.8 Å². The van der Waals surface area contributed by atoms with Crippen LogP contribution in [0.4, 0.5) is 5.69 Å². The Morgan fingerprint density at radius 3 is 2.61 bits per heavy atom. The van der Waals surface area contributed by atoms with Crippen LogP contribution in [0.25, 0.3) is 0 Å². The number of hydrogen-bond donors (Lipinski definition) is 1. The maximum Gasteiger partial charge on any atom is 0.125 e. The summed E-state index contributed by atoms with van der Waals surface area (Å²) in [5.74, 6) is 0.894. The summed E-state index contributed by atoms with van der Waals surface area (Å²) in [6.45, 7) is 7.71. The van der Waals surface area contributed by atoms with Gasteiger partial charge >= 0.3 is 0 Å². The summed E-state index contributed by atoms with van der Waals surface area (Å²) in [5.41, 5.74) is 8.69. The maximum absolute atomic E-state index is 6.14. The van der Waals surface area contributed by atoms with Crippen LogP contribution < -0.4 is 15.4 Å². The topological polar surface area (TPSA) is 38.5 Å². The second-order valence-electron chi connectivity index (χ2n) is 5.75. The molecule has 1 aromatic carbocycles. The number of benzene rings is 1. The fourth-order valence-electron chi connectivity index (χ4n) is 2.96. The maximum atomic E-state index is 6.14. The van der Waals surface area contributed by atoms with E-state index >= 15 is 0 Å². The normalized spacial score (nSPS) is 19.9. The van der Waals surface area contributed by atoms with Gasteiger partial charge in [-0.3, -0.25) is 0 Å². The van der Waals surface area contributed by atoms with Gasteiger partial charge in [0.2, 0.25) is 0 Å². The van der Waals surface area contributed by atoms with Crippen molar-refractivity contribution in [2.24, 2.45) is 5.73 Å². The number of nitrogens with two attached hydrogens (primary N) is 1. The third kappa shape index (κ3) is 2.19. The van der Waals surface area contributed by atoms with Gasteiger partial charge in [0.15, 0.2) is 0 Å². The molecule has 1 aliphatic heterocycles. The van der Waals surface area contributed by atoms with E-state index in [1.165, 1.54) is 18.5 Å². The summed E-state index contributed by atoms with van der Waals surface area (Å²) in [7, 11) is 1.71. The largest absolute Gasteiger partial charge is 0.496 e. The zero-order chi connectivity index (χ0) is 13.3. The van der Waals surface area contributed by atoms with E-state index in [9.17, 15) is 0 Å². The molecule has 100 valence electrons. The second kappa shape index (κ2) is 4.81. The van der Waals surface area contributed by atoms with Gasteiger partial charge in [0.05, 0.1) is 7.11 Å². The van der Waals surface area contributed by atoms with Crippen LogP contribution in [0.15, 0.2) is 18.2 Å². The third-order valence-electron chi connectivity index (χ3n) is 3.91. The molecule has 0 radical (unpaired) electrons. The van der Waals surface area contributed by atoms with Gasteiger partial charge < -0.3 is 15.4 Å². The Kier molecular flexibility index (Phi) is 3.53. The lowest BCUT2D eigenvalue weighted by Crippen LogP contribution is -2.39. The molecular formula is C15H24N2O. The van der Waals surface area contributed by atoms with E-state index in [0.717, 1.165) is 17.9 Å². The SMILES string of the molecule is COc1cccc(N2CCCC2(C)C)c1[C@@H](C)N. The molecule has 0 spiro atoms. The van der Waals surface area contributed by atoms with Crippen molar-refractivity contribution in [3.8, 4) is 5.75 Å². The lowest BCUT2D eigenvalue weighted by molar-refractivity contribution is 0.406. The number of methoxy groups -OCH3 is 1. The van der Waals surface area contributed by atoms with Crippen LogP contribution >= 0.6 is 0 Å². The van der Waals surface area contributed by atoms with Gasteiger partial charge in [-0.15, -0.1) is 0 Å². The van der Waals surface area contributed by atoms with Gasteiger partial charge in [-0.2, -0.15) is 0 Å². The average Bonchev–Trinajstić information content (AvgIpc) is 2.67. The Balaban J connectivity index is 2.50. The number of anilines is 1. The number of rotatable bonds is 3. The highest BCUT2D eigenvalue weighted by molar-refractivity contribution is 5.62. The molecule has 2 N–H and O–H groups in total. The van der Waals surface area contributed by atoms with Gasteiger partial charge in [-0.05, 0) is 45.7 Å². The standard InChI is InChI=1S/C15H24N2O/c1-11(16)14-12(7-5-8-13(14)18-4)17-10-6-9-15(17,2)3/h5,7-8,11H,6,9-10,16H2,1-4H3/t11-/m1/s1. The summed E-state index contributed by atoms with van der Waals surface area (Å²) >= 11 is 0. The Morgan fingerprint density at radius 1 is 1.39 bits per heavy atom. The highest BCUT2D eigenvalue weighted by Crippen LogP contribution is 2.40. The highest BCUT2D eigenvalue weighted by Gasteiger charge is 2.34. The van der Waals surface area contributed by atoms with Gasteiger partial charge in [0.1, 0.15) is 5.75 Å². The molecule has 1 heterocycles. The van der Waals surface area contributed by atoms with Gasteiger partial charge in [0, 0.05) is 29.4 Å². The molecule has 1 saturated heterocycles. The molecule has 18 heavy (non-hydrogen) atoms. The second-order valence-corrected chi connectivity index (χ2v) is 5.75. The monoisotopic (exact) mass is 248 g/mol. The van der Waals surface area contributed by atoms with Crippen LogP contribution in [0.2, 0.25) is 0 Å². The smallest absolute Gasteiger partial charge is 0.125 e. The zero-order valence-corrected chi connectivity index (χ0v) is 11.9. The quantitative estimate of drug-likeness (QED) is 0.893. The molecular weight excluding hydrogens is 224 g/mol. The van der Waals surface area contributed by atoms with Crippen molar-refractivity contribution in [2.45, 2.75) is 45.2 Å². The van der Waals surface area contributed by atoms with E-state index in [1.54, 1.807) is 7.11 Å². The Morgan fingerprint density at radius 2 is 2.11 bits per heavy atom. The van der Waals surface area contributed by atoms with Gasteiger partial charge in [0.25, 0.3) is 0 Å². The summed E-state index contributed by atoms with van der Waals surface area (Å²) in [5, 5.41) is 0.